The van der Waals surface area contributed by atoms with Gasteiger partial charge in [0, 0.05) is 6.42 Å². The van der Waals surface area contributed by atoms with Crippen LogP contribution in [0.3, 0.4) is 0 Å². The first-order valence-electron chi connectivity index (χ1n) is 4.02. The number of carbonyl (C=O) groups is 2. The minimum atomic E-state index is -0.978. The van der Waals surface area contributed by atoms with Gasteiger partial charge in [-0.05, 0) is 6.42 Å². The topological polar surface area (TPSA) is 96.7 Å². The fraction of sp³-hybridized carbons (Fsp3) is 0.571. The highest BCUT2D eigenvalue weighted by atomic mass is 16.5. The molecule has 7 heteroatoms. The van der Waals surface area contributed by atoms with E-state index in [9.17, 15) is 9.59 Å². The molecule has 78 valence electrons. The van der Waals surface area contributed by atoms with E-state index in [4.69, 9.17) is 10.5 Å². The number of methoxy groups -OCH3 is 1. The van der Waals surface area contributed by atoms with Crippen molar-refractivity contribution < 1.29 is 24.1 Å². The molecule has 2 N–H and O–H groups in total. The Morgan fingerprint density at radius 2 is 2.29 bits per heavy atom. The van der Waals surface area contributed by atoms with Gasteiger partial charge in [0.15, 0.2) is 0 Å². The van der Waals surface area contributed by atoms with Gasteiger partial charge in [0.05, 0.1) is 12.9 Å². The van der Waals surface area contributed by atoms with Crippen LogP contribution < -0.4 is 0 Å². The SMILES string of the molecule is COC(=O)[C@@H](BOC=N)CCC(=O)O. The number of carboxylic acids is 1. The molecule has 0 saturated heterocycles. The largest absolute Gasteiger partial charge is 0.556 e. The van der Waals surface area contributed by atoms with E-state index in [1.165, 1.54) is 7.11 Å². The summed E-state index contributed by atoms with van der Waals surface area (Å²) in [5.74, 6) is -2.13. The van der Waals surface area contributed by atoms with E-state index in [0.29, 0.717) is 6.40 Å². The summed E-state index contributed by atoms with van der Waals surface area (Å²) in [6.45, 7) is 0. The van der Waals surface area contributed by atoms with Crippen LogP contribution in [-0.2, 0) is 19.0 Å². The van der Waals surface area contributed by atoms with E-state index in [1.54, 1.807) is 0 Å². The van der Waals surface area contributed by atoms with Gasteiger partial charge >= 0.3 is 19.4 Å². The minimum absolute atomic E-state index is 0.0244. The molecule has 0 aromatic carbocycles. The quantitative estimate of drug-likeness (QED) is 0.257. The van der Waals surface area contributed by atoms with E-state index >= 15 is 0 Å². The maximum absolute atomic E-state index is 11.1. The Kier molecular flexibility index (Phi) is 6.18. The molecule has 0 unspecified atom stereocenters. The zero-order valence-electron chi connectivity index (χ0n) is 7.86. The lowest BCUT2D eigenvalue weighted by atomic mass is 9.77. The number of aliphatic carboxylic acids is 1. The van der Waals surface area contributed by atoms with Gasteiger partial charge < -0.3 is 14.5 Å². The van der Waals surface area contributed by atoms with Gasteiger partial charge in [0.25, 0.3) is 0 Å². The summed E-state index contributed by atoms with van der Waals surface area (Å²) in [6.07, 6.45) is 0.730. The minimum Gasteiger partial charge on any atom is -0.556 e. The Balaban J connectivity index is 4.02. The molecular formula is C7H12BNO5. The highest BCUT2D eigenvalue weighted by Gasteiger charge is 2.22. The third-order valence-corrected chi connectivity index (χ3v) is 1.62. The molecule has 6 nitrogen and oxygen atoms in total. The van der Waals surface area contributed by atoms with Crippen LogP contribution in [0, 0.1) is 5.41 Å². The smallest absolute Gasteiger partial charge is 0.355 e. The molecule has 0 saturated carbocycles. The van der Waals surface area contributed by atoms with Crippen molar-refractivity contribution >= 4 is 25.8 Å². The second kappa shape index (κ2) is 6.93. The summed E-state index contributed by atoms with van der Waals surface area (Å²) in [7, 11) is 1.20. The van der Waals surface area contributed by atoms with Crippen molar-refractivity contribution in [3.63, 3.8) is 0 Å². The van der Waals surface area contributed by atoms with Crippen LogP contribution in [0.5, 0.6) is 0 Å². The molecule has 14 heavy (non-hydrogen) atoms. The van der Waals surface area contributed by atoms with E-state index in [-0.39, 0.29) is 20.3 Å². The van der Waals surface area contributed by atoms with Crippen molar-refractivity contribution in [3.8, 4) is 0 Å². The van der Waals surface area contributed by atoms with Crippen LogP contribution >= 0.6 is 0 Å². The molecule has 0 amide bonds. The molecule has 0 heterocycles. The Morgan fingerprint density at radius 1 is 1.64 bits per heavy atom. The molecule has 1 atom stereocenters. The van der Waals surface area contributed by atoms with Crippen LogP contribution in [0.25, 0.3) is 0 Å². The number of ether oxygens (including phenoxy) is 1. The van der Waals surface area contributed by atoms with Crippen LogP contribution in [0.15, 0.2) is 0 Å². The predicted octanol–water partition coefficient (Wildman–Crippen LogP) is -0.212. The standard InChI is InChI=1S/C7H12BNO5/c1-13-7(12)5(8-14-4-9)2-3-6(10)11/h4-5,8-9H,2-3H2,1H3,(H,10,11)/t5-/m0/s1. The van der Waals surface area contributed by atoms with Crippen molar-refractivity contribution in [2.45, 2.75) is 18.7 Å². The Hall–Kier alpha value is -1.53. The third-order valence-electron chi connectivity index (χ3n) is 1.62. The molecule has 0 aromatic heterocycles. The van der Waals surface area contributed by atoms with Gasteiger partial charge in [0.1, 0.15) is 6.40 Å². The maximum Gasteiger partial charge on any atom is 0.355 e. The monoisotopic (exact) mass is 201 g/mol. The number of carboxylic acid groups (broad SMARTS) is 1. The van der Waals surface area contributed by atoms with Gasteiger partial charge in [-0.25, -0.2) is 0 Å². The summed E-state index contributed by atoms with van der Waals surface area (Å²) in [5.41, 5.74) is 0. The van der Waals surface area contributed by atoms with Crippen LogP contribution in [0.4, 0.5) is 0 Å². The molecule has 0 radical (unpaired) electrons. The number of hydrogen-bond acceptors (Lipinski definition) is 5. The molecule has 0 fully saturated rings. The zero-order chi connectivity index (χ0) is 11.0. The number of hydrogen-bond donors (Lipinski definition) is 2. The lowest BCUT2D eigenvalue weighted by Crippen LogP contribution is -2.19. The first-order valence-corrected chi connectivity index (χ1v) is 4.02. The first kappa shape index (κ1) is 12.5. The van der Waals surface area contributed by atoms with Crippen LogP contribution in [-0.4, -0.2) is 38.0 Å². The van der Waals surface area contributed by atoms with Crippen LogP contribution in [0.1, 0.15) is 12.8 Å². The fourth-order valence-corrected chi connectivity index (χ4v) is 0.898. The molecule has 0 aliphatic rings. The van der Waals surface area contributed by atoms with E-state index in [2.05, 4.69) is 9.39 Å². The number of rotatable bonds is 7. The number of nitrogens with one attached hydrogen (secondary N) is 1. The van der Waals surface area contributed by atoms with Gasteiger partial charge in [-0.3, -0.25) is 15.0 Å². The number of carbonyl (C=O) groups excluding carboxylic acids is 1. The molecule has 0 spiro atoms. The lowest BCUT2D eigenvalue weighted by molar-refractivity contribution is -0.141. The predicted molar refractivity (Wildman–Crippen MR) is 49.7 cm³/mol. The molecule has 0 bridgehead atoms. The van der Waals surface area contributed by atoms with Crippen molar-refractivity contribution in [1.29, 1.82) is 5.41 Å². The maximum atomic E-state index is 11.1. The fourth-order valence-electron chi connectivity index (χ4n) is 0.898. The normalized spacial score (nSPS) is 11.2. The second-order valence-corrected chi connectivity index (χ2v) is 2.60. The van der Waals surface area contributed by atoms with Gasteiger partial charge in [0.2, 0.25) is 0 Å². The highest BCUT2D eigenvalue weighted by molar-refractivity contribution is 6.38. The third kappa shape index (κ3) is 5.18. The van der Waals surface area contributed by atoms with E-state index < -0.39 is 17.8 Å². The van der Waals surface area contributed by atoms with Crippen molar-refractivity contribution in [2.24, 2.45) is 0 Å². The van der Waals surface area contributed by atoms with Crippen molar-refractivity contribution in [1.82, 2.24) is 0 Å². The second-order valence-electron chi connectivity index (χ2n) is 2.60. The lowest BCUT2D eigenvalue weighted by Gasteiger charge is -2.10. The number of esters is 1. The first-order chi connectivity index (χ1) is 6.61. The van der Waals surface area contributed by atoms with Crippen LogP contribution in [0.2, 0.25) is 5.82 Å². The molecule has 0 aromatic rings. The molecule has 0 aliphatic carbocycles. The van der Waals surface area contributed by atoms with Gasteiger partial charge in [-0.2, -0.15) is 0 Å². The highest BCUT2D eigenvalue weighted by Crippen LogP contribution is 2.13. The summed E-state index contributed by atoms with van der Waals surface area (Å²) in [4.78, 5) is 21.3. The Labute approximate surface area is 82.0 Å². The zero-order valence-corrected chi connectivity index (χ0v) is 7.86. The van der Waals surface area contributed by atoms with Crippen molar-refractivity contribution in [3.05, 3.63) is 0 Å². The molecule has 0 aliphatic heterocycles. The summed E-state index contributed by atoms with van der Waals surface area (Å²) >= 11 is 0. The summed E-state index contributed by atoms with van der Waals surface area (Å²) < 4.78 is 9.05. The van der Waals surface area contributed by atoms with Gasteiger partial charge in [-0.15, -0.1) is 0 Å². The Bertz CT molecular complexity index is 220. The van der Waals surface area contributed by atoms with Gasteiger partial charge in [-0.1, -0.05) is 0 Å². The van der Waals surface area contributed by atoms with Crippen molar-refractivity contribution in [2.75, 3.05) is 7.11 Å². The molecule has 0 rings (SSSR count). The van der Waals surface area contributed by atoms with E-state index in [0.717, 1.165) is 0 Å². The Morgan fingerprint density at radius 3 is 2.71 bits per heavy atom. The summed E-state index contributed by atoms with van der Waals surface area (Å²) in [5, 5.41) is 15.0. The summed E-state index contributed by atoms with van der Waals surface area (Å²) in [6, 6.07) is 0. The average molecular weight is 201 g/mol. The van der Waals surface area contributed by atoms with E-state index in [1.807, 2.05) is 0 Å². The average Bonchev–Trinajstić information content (AvgIpc) is 2.16. The molecular weight excluding hydrogens is 189 g/mol.